The minimum Gasteiger partial charge on any atom is -0.396 e. The summed E-state index contributed by atoms with van der Waals surface area (Å²) in [7, 11) is 1.94. The number of amides is 1. The van der Waals surface area contributed by atoms with Gasteiger partial charge in [0.05, 0.1) is 18.8 Å². The number of hydrogen-bond acceptors (Lipinski definition) is 4. The first-order chi connectivity index (χ1) is 11.0. The van der Waals surface area contributed by atoms with E-state index in [1.807, 2.05) is 61.0 Å². The zero-order valence-corrected chi connectivity index (χ0v) is 14.3. The summed E-state index contributed by atoms with van der Waals surface area (Å²) in [6, 6.07) is 10.1. The fourth-order valence-corrected chi connectivity index (χ4v) is 3.24. The minimum absolute atomic E-state index is 0.0426. The molecule has 5 nitrogen and oxygen atoms in total. The number of ether oxygens (including phenoxy) is 1. The molecule has 23 heavy (non-hydrogen) atoms. The maximum atomic E-state index is 12.6. The van der Waals surface area contributed by atoms with Gasteiger partial charge < -0.3 is 14.7 Å². The number of morpholine rings is 1. The fraction of sp³-hybridized carbons (Fsp3) is 0.611. The second-order valence-corrected chi connectivity index (χ2v) is 6.41. The van der Waals surface area contributed by atoms with Crippen LogP contribution in [0.2, 0.25) is 0 Å². The van der Waals surface area contributed by atoms with Crippen molar-refractivity contribution in [2.45, 2.75) is 38.5 Å². The molecule has 2 rings (SSSR count). The van der Waals surface area contributed by atoms with E-state index in [1.54, 1.807) is 0 Å². The van der Waals surface area contributed by atoms with Crippen molar-refractivity contribution in [3.8, 4) is 0 Å². The number of hydrogen-bond donors (Lipinski definition) is 1. The monoisotopic (exact) mass is 320 g/mol. The van der Waals surface area contributed by atoms with Crippen LogP contribution >= 0.6 is 0 Å². The van der Waals surface area contributed by atoms with E-state index in [-0.39, 0.29) is 30.8 Å². The Morgan fingerprint density at radius 1 is 1.30 bits per heavy atom. The van der Waals surface area contributed by atoms with Crippen LogP contribution < -0.4 is 0 Å². The van der Waals surface area contributed by atoms with Crippen LogP contribution in [0.3, 0.4) is 0 Å². The highest BCUT2D eigenvalue weighted by Crippen LogP contribution is 2.23. The molecule has 5 heteroatoms. The molecule has 1 aromatic rings. The van der Waals surface area contributed by atoms with Crippen molar-refractivity contribution in [3.63, 3.8) is 0 Å². The van der Waals surface area contributed by atoms with Gasteiger partial charge in [-0.2, -0.15) is 0 Å². The van der Waals surface area contributed by atoms with E-state index in [1.165, 1.54) is 0 Å². The lowest BCUT2D eigenvalue weighted by Crippen LogP contribution is -2.51. The van der Waals surface area contributed by atoms with E-state index in [0.717, 1.165) is 5.56 Å². The lowest BCUT2D eigenvalue weighted by Gasteiger charge is -2.37. The maximum absolute atomic E-state index is 12.6. The molecule has 0 spiro atoms. The Morgan fingerprint density at radius 3 is 2.48 bits per heavy atom. The number of aliphatic hydroxyl groups excluding tert-OH is 1. The molecule has 1 amide bonds. The Balaban J connectivity index is 2.00. The van der Waals surface area contributed by atoms with Gasteiger partial charge in [0.15, 0.2) is 0 Å². The number of nitrogens with zero attached hydrogens (tertiary/aromatic N) is 2. The Hall–Kier alpha value is -1.43. The van der Waals surface area contributed by atoms with Crippen LogP contribution in [0.1, 0.15) is 31.9 Å². The molecule has 1 fully saturated rings. The van der Waals surface area contributed by atoms with Gasteiger partial charge in [0, 0.05) is 25.7 Å². The van der Waals surface area contributed by atoms with Gasteiger partial charge in [-0.05, 0) is 32.9 Å². The van der Waals surface area contributed by atoms with Crippen molar-refractivity contribution >= 4 is 5.91 Å². The van der Waals surface area contributed by atoms with Crippen molar-refractivity contribution < 1.29 is 14.6 Å². The molecule has 1 heterocycles. The molecule has 1 saturated heterocycles. The third kappa shape index (κ3) is 5.03. The van der Waals surface area contributed by atoms with Gasteiger partial charge in [-0.15, -0.1) is 0 Å². The van der Waals surface area contributed by atoms with Gasteiger partial charge >= 0.3 is 0 Å². The lowest BCUT2D eigenvalue weighted by molar-refractivity contribution is -0.144. The van der Waals surface area contributed by atoms with Gasteiger partial charge in [0.25, 0.3) is 0 Å². The molecule has 0 radical (unpaired) electrons. The molecule has 1 aliphatic rings. The fourth-order valence-electron chi connectivity index (χ4n) is 3.24. The third-order valence-corrected chi connectivity index (χ3v) is 4.28. The minimum atomic E-state index is 0.0426. The summed E-state index contributed by atoms with van der Waals surface area (Å²) in [5.74, 6) is 0.119. The molecule has 1 aliphatic heterocycles. The van der Waals surface area contributed by atoms with E-state index in [0.29, 0.717) is 26.1 Å². The second-order valence-electron chi connectivity index (χ2n) is 6.41. The van der Waals surface area contributed by atoms with Gasteiger partial charge in [-0.1, -0.05) is 30.3 Å². The van der Waals surface area contributed by atoms with Crippen LogP contribution in [0.5, 0.6) is 0 Å². The van der Waals surface area contributed by atoms with Crippen LogP contribution in [-0.4, -0.2) is 66.3 Å². The first-order valence-electron chi connectivity index (χ1n) is 8.30. The average Bonchev–Trinajstić information content (AvgIpc) is 2.52. The molecule has 1 N–H and O–H groups in total. The largest absolute Gasteiger partial charge is 0.396 e. The van der Waals surface area contributed by atoms with Gasteiger partial charge in [-0.25, -0.2) is 0 Å². The van der Waals surface area contributed by atoms with Crippen molar-refractivity contribution in [2.24, 2.45) is 0 Å². The van der Waals surface area contributed by atoms with E-state index in [4.69, 9.17) is 4.74 Å². The number of likely N-dealkylation sites (N-methyl/N-ethyl adjacent to an activating group) is 1. The Kier molecular flexibility index (Phi) is 6.57. The first-order valence-corrected chi connectivity index (χ1v) is 8.30. The van der Waals surface area contributed by atoms with Crippen LogP contribution in [0.25, 0.3) is 0 Å². The van der Waals surface area contributed by atoms with E-state index < -0.39 is 0 Å². The van der Waals surface area contributed by atoms with Crippen LogP contribution in [-0.2, 0) is 9.53 Å². The third-order valence-electron chi connectivity index (χ3n) is 4.28. The standard InChI is InChI=1S/C18H28N2O3/c1-14-11-20(12-15(2)23-14)18(22)13-19(3)17(9-10-21)16-7-5-4-6-8-16/h4-8,14-15,17,21H,9-13H2,1-3H3/t14-,15-,17-/m1/s1. The number of carbonyl (C=O) groups is 1. The summed E-state index contributed by atoms with van der Waals surface area (Å²) < 4.78 is 5.69. The van der Waals surface area contributed by atoms with E-state index >= 15 is 0 Å². The predicted molar refractivity (Wildman–Crippen MR) is 90.1 cm³/mol. The average molecular weight is 320 g/mol. The van der Waals surface area contributed by atoms with Crippen LogP contribution in [0.4, 0.5) is 0 Å². The van der Waals surface area contributed by atoms with Gasteiger partial charge in [-0.3, -0.25) is 9.69 Å². The van der Waals surface area contributed by atoms with Gasteiger partial charge in [0.2, 0.25) is 5.91 Å². The van der Waals surface area contributed by atoms with E-state index in [2.05, 4.69) is 0 Å². The highest BCUT2D eigenvalue weighted by atomic mass is 16.5. The highest BCUT2D eigenvalue weighted by Gasteiger charge is 2.27. The van der Waals surface area contributed by atoms with Crippen molar-refractivity contribution in [3.05, 3.63) is 35.9 Å². The molecule has 3 atom stereocenters. The summed E-state index contributed by atoms with van der Waals surface area (Å²) in [6.07, 6.45) is 0.773. The zero-order valence-electron chi connectivity index (χ0n) is 14.3. The molecule has 0 aromatic heterocycles. The summed E-state index contributed by atoms with van der Waals surface area (Å²) in [6.45, 7) is 5.74. The topological polar surface area (TPSA) is 53.0 Å². The summed E-state index contributed by atoms with van der Waals surface area (Å²) in [5.41, 5.74) is 1.13. The summed E-state index contributed by atoms with van der Waals surface area (Å²) in [4.78, 5) is 16.5. The number of carbonyl (C=O) groups excluding carboxylic acids is 1. The SMILES string of the molecule is C[C@@H]1CN(C(=O)CN(C)[C@H](CCO)c2ccccc2)C[C@@H](C)O1. The van der Waals surface area contributed by atoms with Crippen LogP contribution in [0.15, 0.2) is 30.3 Å². The van der Waals surface area contributed by atoms with Gasteiger partial charge in [0.1, 0.15) is 0 Å². The first kappa shape index (κ1) is 17.9. The van der Waals surface area contributed by atoms with Crippen molar-refractivity contribution in [1.82, 2.24) is 9.80 Å². The number of rotatable bonds is 6. The second kappa shape index (κ2) is 8.43. The lowest BCUT2D eigenvalue weighted by atomic mass is 10.0. The Labute approximate surface area is 138 Å². The molecule has 0 unspecified atom stereocenters. The smallest absolute Gasteiger partial charge is 0.236 e. The molecule has 0 aliphatic carbocycles. The maximum Gasteiger partial charge on any atom is 0.236 e. The van der Waals surface area contributed by atoms with Crippen LogP contribution in [0, 0.1) is 0 Å². The Bertz CT molecular complexity index is 484. The number of benzene rings is 1. The molecule has 128 valence electrons. The van der Waals surface area contributed by atoms with Crippen molar-refractivity contribution in [1.29, 1.82) is 0 Å². The molecular weight excluding hydrogens is 292 g/mol. The van der Waals surface area contributed by atoms with E-state index in [9.17, 15) is 9.90 Å². The zero-order chi connectivity index (χ0) is 16.8. The number of aliphatic hydroxyl groups is 1. The Morgan fingerprint density at radius 2 is 1.91 bits per heavy atom. The molecule has 0 bridgehead atoms. The normalized spacial score (nSPS) is 23.1. The summed E-state index contributed by atoms with van der Waals surface area (Å²) >= 11 is 0. The molecular formula is C18H28N2O3. The molecule has 1 aromatic carbocycles. The molecule has 0 saturated carbocycles. The van der Waals surface area contributed by atoms with Crippen molar-refractivity contribution in [2.75, 3.05) is 33.3 Å². The predicted octanol–water partition coefficient (Wildman–Crippen LogP) is 1.68. The quantitative estimate of drug-likeness (QED) is 0.866. The summed E-state index contributed by atoms with van der Waals surface area (Å²) in [5, 5.41) is 9.36. The highest BCUT2D eigenvalue weighted by molar-refractivity contribution is 5.78.